The number of rotatable bonds is 2. The molecule has 1 atom stereocenters. The molecule has 0 aromatic carbocycles. The highest BCUT2D eigenvalue weighted by atomic mass is 16.4. The number of carboxylic acid groups (broad SMARTS) is 1. The van der Waals surface area contributed by atoms with E-state index in [9.17, 15) is 4.79 Å². The maximum absolute atomic E-state index is 9.98. The van der Waals surface area contributed by atoms with E-state index in [4.69, 9.17) is 5.11 Å². The van der Waals surface area contributed by atoms with Gasteiger partial charge in [0.1, 0.15) is 0 Å². The van der Waals surface area contributed by atoms with Crippen LogP contribution in [0.25, 0.3) is 0 Å². The topological polar surface area (TPSA) is 37.3 Å². The fourth-order valence-electron chi connectivity index (χ4n) is 0.812. The Morgan fingerprint density at radius 3 is 2.62 bits per heavy atom. The van der Waals surface area contributed by atoms with Crippen molar-refractivity contribution in [1.29, 1.82) is 0 Å². The van der Waals surface area contributed by atoms with Gasteiger partial charge >= 0.3 is 5.97 Å². The summed E-state index contributed by atoms with van der Waals surface area (Å²) in [6.45, 7) is 0. The molecule has 1 saturated carbocycles. The smallest absolute Gasteiger partial charge is 0.303 e. The Morgan fingerprint density at radius 1 is 1.88 bits per heavy atom. The maximum Gasteiger partial charge on any atom is 0.303 e. The van der Waals surface area contributed by atoms with E-state index in [1.165, 1.54) is 0 Å². The predicted octanol–water partition coefficient (Wildman–Crippen LogP) is 1.08. The Labute approximate surface area is 48.5 Å². The molecule has 2 heteroatoms. The lowest BCUT2D eigenvalue weighted by Crippen LogP contribution is -2.15. The zero-order valence-corrected chi connectivity index (χ0v) is 4.63. The summed E-state index contributed by atoms with van der Waals surface area (Å²) in [4.78, 5) is 9.98. The minimum absolute atomic E-state index is 0.333. The summed E-state index contributed by atoms with van der Waals surface area (Å²) in [5.41, 5.74) is 0. The van der Waals surface area contributed by atoms with Gasteiger partial charge in [0.25, 0.3) is 0 Å². The third-order valence-electron chi connectivity index (χ3n) is 1.47. The van der Waals surface area contributed by atoms with Gasteiger partial charge in [0.2, 0.25) is 0 Å². The first kappa shape index (κ1) is 5.60. The van der Waals surface area contributed by atoms with Crippen LogP contribution in [0.2, 0.25) is 0 Å². The van der Waals surface area contributed by atoms with E-state index < -0.39 is 5.97 Å². The second-order valence-corrected chi connectivity index (χ2v) is 2.17. The van der Waals surface area contributed by atoms with Gasteiger partial charge in [0.05, 0.1) is 0 Å². The fraction of sp³-hybridized carbons (Fsp3) is 0.667. The van der Waals surface area contributed by atoms with Crippen molar-refractivity contribution in [2.24, 2.45) is 5.92 Å². The lowest BCUT2D eigenvalue weighted by atomic mass is 9.83. The zero-order chi connectivity index (χ0) is 5.98. The first-order chi connectivity index (χ1) is 3.79. The van der Waals surface area contributed by atoms with Gasteiger partial charge in [-0.15, -0.1) is 0 Å². The van der Waals surface area contributed by atoms with E-state index in [0.717, 1.165) is 12.8 Å². The highest BCUT2D eigenvalue weighted by Gasteiger charge is 2.19. The molecule has 0 heterocycles. The van der Waals surface area contributed by atoms with Crippen LogP contribution in [0.3, 0.4) is 0 Å². The molecule has 1 rings (SSSR count). The monoisotopic (exact) mass is 113 g/mol. The molecule has 0 aliphatic heterocycles. The Kier molecular flexibility index (Phi) is 1.51. The first-order valence-electron chi connectivity index (χ1n) is 2.84. The number of hydrogen-bond acceptors (Lipinski definition) is 1. The summed E-state index contributed by atoms with van der Waals surface area (Å²) in [6, 6.07) is 0. The van der Waals surface area contributed by atoms with Gasteiger partial charge in [0.15, 0.2) is 0 Å². The minimum Gasteiger partial charge on any atom is -0.481 e. The van der Waals surface area contributed by atoms with Gasteiger partial charge in [-0.1, -0.05) is 0 Å². The number of carboxylic acids is 1. The average molecular weight is 113 g/mol. The zero-order valence-electron chi connectivity index (χ0n) is 4.63. The molecule has 8 heavy (non-hydrogen) atoms. The molecule has 1 aliphatic carbocycles. The molecule has 0 spiro atoms. The average Bonchev–Trinajstić information content (AvgIpc) is 1.55. The molecule has 1 radical (unpaired) electrons. The molecule has 1 fully saturated rings. The fourth-order valence-corrected chi connectivity index (χ4v) is 0.812. The molecule has 1 aliphatic rings. The SMILES string of the molecule is O=C(O)CC1[CH]CC1. The van der Waals surface area contributed by atoms with Crippen molar-refractivity contribution in [2.75, 3.05) is 0 Å². The Hall–Kier alpha value is -0.530. The maximum atomic E-state index is 9.98. The van der Waals surface area contributed by atoms with Crippen molar-refractivity contribution in [1.82, 2.24) is 0 Å². The number of hydrogen-bond donors (Lipinski definition) is 1. The second kappa shape index (κ2) is 2.16. The van der Waals surface area contributed by atoms with E-state index in [1.54, 1.807) is 0 Å². The Morgan fingerprint density at radius 2 is 2.50 bits per heavy atom. The second-order valence-electron chi connectivity index (χ2n) is 2.17. The number of carbonyl (C=O) groups is 1. The summed E-state index contributed by atoms with van der Waals surface area (Å²) in [5.74, 6) is -0.293. The molecular weight excluding hydrogens is 104 g/mol. The van der Waals surface area contributed by atoms with Crippen molar-refractivity contribution >= 4 is 5.97 Å². The molecule has 45 valence electrons. The molecule has 1 N–H and O–H groups in total. The van der Waals surface area contributed by atoms with Gasteiger partial charge in [-0.25, -0.2) is 0 Å². The summed E-state index contributed by atoms with van der Waals surface area (Å²) < 4.78 is 0. The number of aliphatic carboxylic acids is 1. The van der Waals surface area contributed by atoms with Crippen molar-refractivity contribution in [2.45, 2.75) is 19.3 Å². The van der Waals surface area contributed by atoms with Crippen molar-refractivity contribution < 1.29 is 9.90 Å². The van der Waals surface area contributed by atoms with Crippen LogP contribution < -0.4 is 0 Å². The largest absolute Gasteiger partial charge is 0.481 e. The van der Waals surface area contributed by atoms with Gasteiger partial charge in [0, 0.05) is 6.42 Å². The van der Waals surface area contributed by atoms with Crippen LogP contribution in [-0.2, 0) is 4.79 Å². The van der Waals surface area contributed by atoms with Crippen LogP contribution in [0.5, 0.6) is 0 Å². The van der Waals surface area contributed by atoms with E-state index in [0.29, 0.717) is 12.3 Å². The quantitative estimate of drug-likeness (QED) is 0.581. The van der Waals surface area contributed by atoms with Crippen LogP contribution in [-0.4, -0.2) is 11.1 Å². The Balaban J connectivity index is 2.09. The first-order valence-corrected chi connectivity index (χ1v) is 2.84. The molecule has 0 aromatic rings. The highest BCUT2D eigenvalue weighted by molar-refractivity contribution is 5.67. The van der Waals surface area contributed by atoms with Crippen molar-refractivity contribution in [3.8, 4) is 0 Å². The molecule has 1 unspecified atom stereocenters. The highest BCUT2D eigenvalue weighted by Crippen LogP contribution is 2.27. The predicted molar refractivity (Wildman–Crippen MR) is 29.3 cm³/mol. The molecule has 0 amide bonds. The Bertz CT molecular complexity index is 94.7. The van der Waals surface area contributed by atoms with E-state index in [2.05, 4.69) is 6.42 Å². The van der Waals surface area contributed by atoms with Crippen LogP contribution in [0.15, 0.2) is 0 Å². The van der Waals surface area contributed by atoms with E-state index >= 15 is 0 Å². The molecule has 0 bridgehead atoms. The van der Waals surface area contributed by atoms with Gasteiger partial charge in [-0.2, -0.15) is 0 Å². The third-order valence-corrected chi connectivity index (χ3v) is 1.47. The van der Waals surface area contributed by atoms with E-state index in [1.807, 2.05) is 0 Å². The minimum atomic E-state index is -0.675. The molecule has 2 nitrogen and oxygen atoms in total. The summed E-state index contributed by atoms with van der Waals surface area (Å²) >= 11 is 0. The van der Waals surface area contributed by atoms with Gasteiger partial charge < -0.3 is 5.11 Å². The molecular formula is C6H9O2. The van der Waals surface area contributed by atoms with Crippen molar-refractivity contribution in [3.63, 3.8) is 0 Å². The van der Waals surface area contributed by atoms with Crippen LogP contribution >= 0.6 is 0 Å². The summed E-state index contributed by atoms with van der Waals surface area (Å²) in [7, 11) is 0. The van der Waals surface area contributed by atoms with Crippen LogP contribution in [0, 0.1) is 12.3 Å². The normalized spacial score (nSPS) is 20.0. The van der Waals surface area contributed by atoms with Crippen LogP contribution in [0.4, 0.5) is 0 Å². The van der Waals surface area contributed by atoms with Gasteiger partial charge in [-0.05, 0) is 25.2 Å². The van der Waals surface area contributed by atoms with Crippen molar-refractivity contribution in [3.05, 3.63) is 6.42 Å². The lowest BCUT2D eigenvalue weighted by Gasteiger charge is -2.22. The van der Waals surface area contributed by atoms with Gasteiger partial charge in [-0.3, -0.25) is 4.79 Å². The summed E-state index contributed by atoms with van der Waals surface area (Å²) in [5, 5.41) is 8.23. The molecule has 0 saturated heterocycles. The van der Waals surface area contributed by atoms with Crippen LogP contribution in [0.1, 0.15) is 19.3 Å². The third kappa shape index (κ3) is 1.22. The lowest BCUT2D eigenvalue weighted by molar-refractivity contribution is -0.138. The summed E-state index contributed by atoms with van der Waals surface area (Å²) in [6.07, 6.45) is 4.58. The standard InChI is InChI=1S/C6H9O2/c7-6(8)4-5-2-1-3-5/h2,5H,1,3-4H2,(H,7,8). The van der Waals surface area contributed by atoms with E-state index in [-0.39, 0.29) is 0 Å². The molecule has 0 aromatic heterocycles.